The van der Waals surface area contributed by atoms with Crippen molar-refractivity contribution in [1.82, 2.24) is 5.32 Å². The summed E-state index contributed by atoms with van der Waals surface area (Å²) in [5.41, 5.74) is 0. The van der Waals surface area contributed by atoms with Crippen LogP contribution < -0.4 is 14.8 Å². The van der Waals surface area contributed by atoms with E-state index in [1.54, 1.807) is 18.2 Å². The summed E-state index contributed by atoms with van der Waals surface area (Å²) in [5.74, 6) is -0.352. The molecule has 2 N–H and O–H groups in total. The molecule has 1 unspecified atom stereocenters. The topological polar surface area (TPSA) is 84.9 Å². The molecule has 0 saturated heterocycles. The number of carboxylic acids is 1. The minimum Gasteiger partial charge on any atom is -0.493 e. The highest BCUT2D eigenvalue weighted by molar-refractivity contribution is 5.81. The first-order valence-electron chi connectivity index (χ1n) is 5.80. The first-order valence-corrected chi connectivity index (χ1v) is 5.80. The quantitative estimate of drug-likeness (QED) is 0.771. The van der Waals surface area contributed by atoms with Crippen molar-refractivity contribution in [3.8, 4) is 11.5 Å². The van der Waals surface area contributed by atoms with Crippen LogP contribution in [0.25, 0.3) is 0 Å². The zero-order chi connectivity index (χ0) is 14.3. The molecule has 1 atom stereocenters. The van der Waals surface area contributed by atoms with Gasteiger partial charge in [0, 0.05) is 13.3 Å². The summed E-state index contributed by atoms with van der Waals surface area (Å²) in [6.07, 6.45) is 0.174. The number of para-hydroxylation sites is 2. The number of carbonyl (C=O) groups is 2. The number of amides is 1. The van der Waals surface area contributed by atoms with Crippen molar-refractivity contribution in [2.45, 2.75) is 19.4 Å². The first kappa shape index (κ1) is 14.8. The van der Waals surface area contributed by atoms with E-state index in [9.17, 15) is 9.59 Å². The molecule has 0 aromatic heterocycles. The number of carboxylic acid groups (broad SMARTS) is 1. The lowest BCUT2D eigenvalue weighted by Crippen LogP contribution is -2.40. The predicted octanol–water partition coefficient (Wildman–Crippen LogP) is 1.05. The number of methoxy groups -OCH3 is 1. The van der Waals surface area contributed by atoms with Gasteiger partial charge < -0.3 is 19.9 Å². The van der Waals surface area contributed by atoms with Gasteiger partial charge in [0.05, 0.1) is 13.7 Å². The zero-order valence-electron chi connectivity index (χ0n) is 10.9. The fourth-order valence-corrected chi connectivity index (χ4v) is 1.53. The number of nitrogens with one attached hydrogen (secondary N) is 1. The summed E-state index contributed by atoms with van der Waals surface area (Å²) in [5, 5.41) is 11.3. The minimum atomic E-state index is -1.08. The van der Waals surface area contributed by atoms with Gasteiger partial charge in [0.25, 0.3) is 0 Å². The van der Waals surface area contributed by atoms with Crippen molar-refractivity contribution in [3.05, 3.63) is 24.3 Å². The van der Waals surface area contributed by atoms with Crippen molar-refractivity contribution in [2.24, 2.45) is 0 Å². The van der Waals surface area contributed by atoms with Gasteiger partial charge >= 0.3 is 5.97 Å². The van der Waals surface area contributed by atoms with Crippen LogP contribution in [-0.4, -0.2) is 36.7 Å². The van der Waals surface area contributed by atoms with Crippen molar-refractivity contribution in [3.63, 3.8) is 0 Å². The summed E-state index contributed by atoms with van der Waals surface area (Å²) in [4.78, 5) is 21.8. The molecule has 0 heterocycles. The molecular weight excluding hydrogens is 250 g/mol. The van der Waals surface area contributed by atoms with E-state index in [0.29, 0.717) is 11.5 Å². The van der Waals surface area contributed by atoms with E-state index >= 15 is 0 Å². The third-order valence-corrected chi connectivity index (χ3v) is 2.41. The van der Waals surface area contributed by atoms with Crippen molar-refractivity contribution in [1.29, 1.82) is 0 Å². The van der Waals surface area contributed by atoms with E-state index in [1.165, 1.54) is 14.0 Å². The maximum Gasteiger partial charge on any atom is 0.326 e. The van der Waals surface area contributed by atoms with Gasteiger partial charge in [0.2, 0.25) is 5.91 Å². The Balaban J connectivity index is 2.52. The van der Waals surface area contributed by atoms with E-state index in [-0.39, 0.29) is 18.9 Å². The molecule has 0 fully saturated rings. The summed E-state index contributed by atoms with van der Waals surface area (Å²) < 4.78 is 10.6. The molecular formula is C13H17NO5. The average Bonchev–Trinajstić information content (AvgIpc) is 2.37. The third-order valence-electron chi connectivity index (χ3n) is 2.41. The largest absolute Gasteiger partial charge is 0.493 e. The summed E-state index contributed by atoms with van der Waals surface area (Å²) in [6, 6.07) is 6.13. The van der Waals surface area contributed by atoms with E-state index in [2.05, 4.69) is 5.32 Å². The fraction of sp³-hybridized carbons (Fsp3) is 0.385. The average molecular weight is 267 g/mol. The van der Waals surface area contributed by atoms with Crippen LogP contribution in [0, 0.1) is 0 Å². The van der Waals surface area contributed by atoms with Crippen LogP contribution in [0.4, 0.5) is 0 Å². The van der Waals surface area contributed by atoms with Gasteiger partial charge in [-0.15, -0.1) is 0 Å². The van der Waals surface area contributed by atoms with E-state index < -0.39 is 12.0 Å². The Hall–Kier alpha value is -2.24. The fourth-order valence-electron chi connectivity index (χ4n) is 1.53. The third kappa shape index (κ3) is 4.87. The normalized spacial score (nSPS) is 11.5. The number of hydrogen-bond acceptors (Lipinski definition) is 4. The number of ether oxygens (including phenoxy) is 2. The molecule has 1 aromatic rings. The Kier molecular flexibility index (Phi) is 5.66. The van der Waals surface area contributed by atoms with E-state index in [0.717, 1.165) is 0 Å². The molecule has 0 spiro atoms. The van der Waals surface area contributed by atoms with Gasteiger partial charge in [-0.3, -0.25) is 4.79 Å². The SMILES string of the molecule is COc1ccccc1OCCC(NC(C)=O)C(=O)O. The van der Waals surface area contributed by atoms with Gasteiger partial charge in [-0.25, -0.2) is 4.79 Å². The zero-order valence-corrected chi connectivity index (χ0v) is 10.9. The highest BCUT2D eigenvalue weighted by Crippen LogP contribution is 2.25. The maximum atomic E-state index is 10.9. The molecule has 0 aliphatic rings. The molecule has 0 bridgehead atoms. The van der Waals surface area contributed by atoms with Crippen LogP contribution in [0.5, 0.6) is 11.5 Å². The molecule has 0 aliphatic heterocycles. The lowest BCUT2D eigenvalue weighted by molar-refractivity contribution is -0.141. The molecule has 0 aliphatic carbocycles. The smallest absolute Gasteiger partial charge is 0.326 e. The molecule has 1 aromatic carbocycles. The van der Waals surface area contributed by atoms with Gasteiger partial charge in [0.15, 0.2) is 11.5 Å². The second-order valence-corrected chi connectivity index (χ2v) is 3.88. The van der Waals surface area contributed by atoms with Gasteiger partial charge in [-0.05, 0) is 12.1 Å². The molecule has 1 rings (SSSR count). The minimum absolute atomic E-state index is 0.164. The van der Waals surface area contributed by atoms with Crippen molar-refractivity contribution >= 4 is 11.9 Å². The number of benzene rings is 1. The second kappa shape index (κ2) is 7.25. The second-order valence-electron chi connectivity index (χ2n) is 3.88. The maximum absolute atomic E-state index is 10.9. The molecule has 0 radical (unpaired) electrons. The van der Waals surface area contributed by atoms with Crippen molar-refractivity contribution in [2.75, 3.05) is 13.7 Å². The van der Waals surface area contributed by atoms with Gasteiger partial charge in [-0.2, -0.15) is 0 Å². The molecule has 1 amide bonds. The standard InChI is InChI=1S/C13H17NO5/c1-9(15)14-10(13(16)17)7-8-19-12-6-4-3-5-11(12)18-2/h3-6,10H,7-8H2,1-2H3,(H,14,15)(H,16,17). The Bertz CT molecular complexity index is 446. The van der Waals surface area contributed by atoms with Crippen LogP contribution in [0.3, 0.4) is 0 Å². The van der Waals surface area contributed by atoms with Crippen molar-refractivity contribution < 1.29 is 24.2 Å². The number of carbonyl (C=O) groups excluding carboxylic acids is 1. The number of hydrogen-bond donors (Lipinski definition) is 2. The van der Waals surface area contributed by atoms with Crippen LogP contribution in [0.15, 0.2) is 24.3 Å². The van der Waals surface area contributed by atoms with E-state index in [1.807, 2.05) is 6.07 Å². The highest BCUT2D eigenvalue weighted by atomic mass is 16.5. The summed E-state index contributed by atoms with van der Waals surface area (Å²) >= 11 is 0. The Morgan fingerprint density at radius 2 is 1.95 bits per heavy atom. The summed E-state index contributed by atoms with van der Waals surface area (Å²) in [6.45, 7) is 1.44. The monoisotopic (exact) mass is 267 g/mol. The van der Waals surface area contributed by atoms with Gasteiger partial charge in [0.1, 0.15) is 6.04 Å². The summed E-state index contributed by atoms with van der Waals surface area (Å²) in [7, 11) is 1.53. The Labute approximate surface area is 111 Å². The Morgan fingerprint density at radius 3 is 2.47 bits per heavy atom. The molecule has 6 heteroatoms. The van der Waals surface area contributed by atoms with Crippen LogP contribution >= 0.6 is 0 Å². The molecule has 0 saturated carbocycles. The molecule has 104 valence electrons. The van der Waals surface area contributed by atoms with Crippen LogP contribution in [0.1, 0.15) is 13.3 Å². The number of aliphatic carboxylic acids is 1. The lowest BCUT2D eigenvalue weighted by Gasteiger charge is -2.14. The lowest BCUT2D eigenvalue weighted by atomic mass is 10.2. The van der Waals surface area contributed by atoms with Gasteiger partial charge in [-0.1, -0.05) is 12.1 Å². The molecule has 19 heavy (non-hydrogen) atoms. The molecule has 6 nitrogen and oxygen atoms in total. The van der Waals surface area contributed by atoms with Crippen LogP contribution in [0.2, 0.25) is 0 Å². The van der Waals surface area contributed by atoms with E-state index in [4.69, 9.17) is 14.6 Å². The number of rotatable bonds is 7. The first-order chi connectivity index (χ1) is 9.04. The van der Waals surface area contributed by atoms with Crippen LogP contribution in [-0.2, 0) is 9.59 Å². The highest BCUT2D eigenvalue weighted by Gasteiger charge is 2.18. The Morgan fingerprint density at radius 1 is 1.32 bits per heavy atom. The predicted molar refractivity (Wildman–Crippen MR) is 68.3 cm³/mol.